The second-order valence-electron chi connectivity index (χ2n) is 11.5. The molecular formula is C26H43N9O21P2. The maximum atomic E-state index is 11.6. The van der Waals surface area contributed by atoms with Gasteiger partial charge in [-0.3, -0.25) is 23.0 Å². The monoisotopic (exact) mass is 879 g/mol. The minimum Gasteiger partial charge on any atom is -0.480 e. The summed E-state index contributed by atoms with van der Waals surface area (Å²) in [7, 11) is -9.48. The quantitative estimate of drug-likeness (QED) is 0.0562. The van der Waals surface area contributed by atoms with Crippen LogP contribution in [0.2, 0.25) is 0 Å². The highest BCUT2D eigenvalue weighted by atomic mass is 31.2. The van der Waals surface area contributed by atoms with E-state index in [-0.39, 0.29) is 17.0 Å². The zero-order valence-electron chi connectivity index (χ0n) is 29.7. The summed E-state index contributed by atoms with van der Waals surface area (Å²) in [5.74, 6) is -1.21. The molecule has 30 nitrogen and oxygen atoms in total. The highest BCUT2D eigenvalue weighted by Crippen LogP contribution is 2.39. The first-order valence-corrected chi connectivity index (χ1v) is 19.2. The van der Waals surface area contributed by atoms with E-state index in [1.807, 2.05) is 0 Å². The van der Waals surface area contributed by atoms with E-state index in [1.54, 1.807) is 0 Å². The van der Waals surface area contributed by atoms with Crippen LogP contribution in [0.4, 0.5) is 10.6 Å². The Labute approximate surface area is 323 Å². The Morgan fingerprint density at radius 2 is 1.40 bits per heavy atom. The minimum atomic E-state index is -4.74. The molecule has 0 bridgehead atoms. The number of anilines is 1. The number of aliphatic carboxylic acids is 1. The van der Waals surface area contributed by atoms with Crippen LogP contribution in [0.5, 0.6) is 0 Å². The number of carboxylic acids is 1. The number of phosphoric ester groups is 2. The Morgan fingerprint density at radius 3 is 1.84 bits per heavy atom. The third kappa shape index (κ3) is 15.8. The summed E-state index contributed by atoms with van der Waals surface area (Å²) < 4.78 is 42.5. The minimum absolute atomic E-state index is 0.0210. The van der Waals surface area contributed by atoms with E-state index < -0.39 is 108 Å². The van der Waals surface area contributed by atoms with Crippen LogP contribution in [-0.4, -0.2) is 166 Å². The summed E-state index contributed by atoms with van der Waals surface area (Å²) in [6.45, 7) is -0.927. The van der Waals surface area contributed by atoms with Crippen LogP contribution in [0, 0.1) is 0 Å². The van der Waals surface area contributed by atoms with Gasteiger partial charge >= 0.3 is 33.4 Å². The van der Waals surface area contributed by atoms with Crippen LogP contribution in [0.15, 0.2) is 34.5 Å². The van der Waals surface area contributed by atoms with Gasteiger partial charge < -0.3 is 86.6 Å². The van der Waals surface area contributed by atoms with Crippen molar-refractivity contribution in [3.05, 3.63) is 45.8 Å². The van der Waals surface area contributed by atoms with Gasteiger partial charge in [0.2, 0.25) is 0 Å². The van der Waals surface area contributed by atoms with Gasteiger partial charge in [-0.25, -0.2) is 33.5 Å². The number of H-pyrrole nitrogens is 1. The molecule has 8 unspecified atom stereocenters. The number of unbranched alkanes of at least 4 members (excludes halogenated alkanes) is 1. The summed E-state index contributed by atoms with van der Waals surface area (Å²) in [6.07, 6.45) is -6.39. The van der Waals surface area contributed by atoms with Crippen LogP contribution in [0.3, 0.4) is 0 Å². The highest BCUT2D eigenvalue weighted by Gasteiger charge is 2.46. The molecule has 58 heavy (non-hydrogen) atoms. The molecule has 17 N–H and O–H groups in total. The molecule has 2 saturated heterocycles. The van der Waals surface area contributed by atoms with E-state index in [2.05, 4.69) is 34.3 Å². The van der Waals surface area contributed by atoms with Gasteiger partial charge in [0.25, 0.3) is 5.56 Å². The van der Waals surface area contributed by atoms with Gasteiger partial charge in [-0.15, -0.1) is 0 Å². The van der Waals surface area contributed by atoms with E-state index in [9.17, 15) is 43.9 Å². The molecule has 2 fully saturated rings. The second-order valence-corrected chi connectivity index (χ2v) is 14.0. The van der Waals surface area contributed by atoms with E-state index in [4.69, 9.17) is 60.6 Å². The molecule has 8 atom stereocenters. The molecule has 0 saturated carbocycles. The Bertz CT molecular complexity index is 1990. The third-order valence-corrected chi connectivity index (χ3v) is 8.27. The lowest BCUT2D eigenvalue weighted by Crippen LogP contribution is -2.36. The standard InChI is InChI=1S/C10H13N4O8P.C9H14N3O8P.C5H12N2O2.C2H4O3/c15-6-4(1-21-23(18,19)20)22-10(7(6)16)14-3-13-5-8(14)11-2-12-9(5)17;10-5-1-2-12(9(15)11-5)8-7(14)6(13)4(20-8)3-19-21(16,17)18;6-3-1-2-4-7-5(8)9;3-1-2(4)5/h2-4,6-7,10,15-16H,1H2,(H,11,12,17)(H2,18,19,20);1-2,4,6-8,13-14H,3H2,(H2,10,11,15)(H2,16,17,18);7H,1-4,6H2,(H,8,9);3H,1H2,(H,4,5). The lowest BCUT2D eigenvalue weighted by Gasteiger charge is -2.16. The number of aliphatic hydroxyl groups excluding tert-OH is 5. The molecule has 328 valence electrons. The zero-order valence-corrected chi connectivity index (χ0v) is 31.5. The van der Waals surface area contributed by atoms with Gasteiger partial charge in [-0.05, 0) is 25.5 Å². The molecule has 0 spiro atoms. The van der Waals surface area contributed by atoms with Crippen molar-refractivity contribution in [2.24, 2.45) is 5.73 Å². The average molecular weight is 880 g/mol. The van der Waals surface area contributed by atoms with Gasteiger partial charge in [0.05, 0.1) is 25.9 Å². The van der Waals surface area contributed by atoms with Gasteiger partial charge in [0, 0.05) is 12.7 Å². The van der Waals surface area contributed by atoms with Crippen LogP contribution >= 0.6 is 15.6 Å². The highest BCUT2D eigenvalue weighted by molar-refractivity contribution is 7.46. The van der Waals surface area contributed by atoms with Crippen LogP contribution in [0.25, 0.3) is 11.2 Å². The number of nitrogens with zero attached hydrogens (tertiary/aromatic N) is 5. The van der Waals surface area contributed by atoms with E-state index in [1.165, 1.54) is 23.2 Å². The number of hydrogen-bond donors (Lipinski definition) is 15. The van der Waals surface area contributed by atoms with Crippen molar-refractivity contribution in [3.63, 3.8) is 0 Å². The number of amides is 1. The Kier molecular flexibility index (Phi) is 19.5. The van der Waals surface area contributed by atoms with Gasteiger partial charge in [-0.2, -0.15) is 4.98 Å². The fourth-order valence-electron chi connectivity index (χ4n) is 4.67. The first kappa shape index (κ1) is 49.8. The molecule has 2 aliphatic heterocycles. The van der Waals surface area contributed by atoms with Gasteiger partial charge in [0.1, 0.15) is 49.0 Å². The van der Waals surface area contributed by atoms with Crippen LogP contribution < -0.4 is 28.0 Å². The number of aromatic nitrogens is 6. The van der Waals surface area contributed by atoms with E-state index >= 15 is 0 Å². The second kappa shape index (κ2) is 22.7. The molecule has 5 rings (SSSR count). The van der Waals surface area contributed by atoms with Gasteiger partial charge in [-0.1, -0.05) is 0 Å². The molecule has 0 aliphatic carbocycles. The summed E-state index contributed by atoms with van der Waals surface area (Å²) in [5, 5.41) is 64.9. The van der Waals surface area contributed by atoms with Crippen molar-refractivity contribution in [2.45, 2.75) is 61.9 Å². The number of hydrogen-bond acceptors (Lipinski definition) is 20. The Hall–Kier alpha value is -4.33. The largest absolute Gasteiger partial charge is 0.480 e. The fourth-order valence-corrected chi connectivity index (χ4v) is 5.35. The number of rotatable bonds is 13. The molecule has 0 aromatic carbocycles. The normalized spacial score (nSPS) is 24.1. The number of fused-ring (bicyclic) bond motifs is 1. The maximum absolute atomic E-state index is 11.6. The number of carbonyl (C=O) groups is 2. The van der Waals surface area contributed by atoms with Crippen molar-refractivity contribution in [1.29, 1.82) is 0 Å². The number of nitrogen functional groups attached to an aromatic ring is 1. The molecule has 1 amide bonds. The molecule has 32 heteroatoms. The van der Waals surface area contributed by atoms with Crippen molar-refractivity contribution < 1.29 is 92.6 Å². The summed E-state index contributed by atoms with van der Waals surface area (Å²) in [6, 6.07) is 1.29. The lowest BCUT2D eigenvalue weighted by atomic mass is 10.1. The summed E-state index contributed by atoms with van der Waals surface area (Å²) in [4.78, 5) is 90.3. The molecule has 3 aromatic heterocycles. The van der Waals surface area contributed by atoms with Crippen LogP contribution in [0.1, 0.15) is 25.3 Å². The zero-order chi connectivity index (χ0) is 44.0. The summed E-state index contributed by atoms with van der Waals surface area (Å²) >= 11 is 0. The SMILES string of the molecule is NCCCCNC(=O)O.Nc1ccn(C2OC(COP(=O)(O)O)C(O)C2O)c(=O)n1.O=C(O)CO.O=c1[nH]cnc2c1ncn2C1OC(COP(=O)(O)O)C(O)C1O. The third-order valence-electron chi connectivity index (χ3n) is 7.30. The number of aliphatic hydroxyl groups is 5. The number of nitrogens with two attached hydrogens (primary N) is 2. The number of phosphoric acid groups is 2. The Balaban J connectivity index is 0.000000304. The smallest absolute Gasteiger partial charge is 0.469 e. The number of aromatic amines is 1. The first-order chi connectivity index (χ1) is 27.0. The number of nitrogens with one attached hydrogen (secondary N) is 2. The fraction of sp³-hybridized carbons (Fsp3) is 0.577. The molecular weight excluding hydrogens is 836 g/mol. The molecule has 0 radical (unpaired) electrons. The Morgan fingerprint density at radius 1 is 0.879 bits per heavy atom. The van der Waals surface area contributed by atoms with Gasteiger partial charge in [0.15, 0.2) is 23.6 Å². The van der Waals surface area contributed by atoms with E-state index in [0.29, 0.717) is 13.1 Å². The first-order valence-electron chi connectivity index (χ1n) is 16.2. The number of imidazole rings is 1. The molecule has 3 aromatic rings. The van der Waals surface area contributed by atoms with Crippen molar-refractivity contribution in [1.82, 2.24) is 34.4 Å². The predicted molar refractivity (Wildman–Crippen MR) is 188 cm³/mol. The number of ether oxygens (including phenoxy) is 2. The van der Waals surface area contributed by atoms with Crippen molar-refractivity contribution >= 4 is 44.7 Å². The summed E-state index contributed by atoms with van der Waals surface area (Å²) in [5.41, 5.74) is 9.36. The number of carboxylic acid groups (broad SMARTS) is 2. The average Bonchev–Trinajstić information content (AvgIpc) is 3.78. The maximum Gasteiger partial charge on any atom is 0.469 e. The van der Waals surface area contributed by atoms with Crippen molar-refractivity contribution in [3.8, 4) is 0 Å². The van der Waals surface area contributed by atoms with Crippen molar-refractivity contribution in [2.75, 3.05) is 38.6 Å². The predicted octanol–water partition coefficient (Wildman–Crippen LogP) is -5.54. The molecule has 5 heterocycles. The topological polar surface area (TPSA) is 490 Å². The molecule has 2 aliphatic rings. The van der Waals surface area contributed by atoms with Crippen LogP contribution in [-0.2, 0) is 32.4 Å². The lowest BCUT2D eigenvalue weighted by molar-refractivity contribution is -0.140. The van der Waals surface area contributed by atoms with E-state index in [0.717, 1.165) is 23.7 Å².